The third-order valence-electron chi connectivity index (χ3n) is 5.58. The van der Waals surface area contributed by atoms with Gasteiger partial charge in [0.25, 0.3) is 0 Å². The van der Waals surface area contributed by atoms with E-state index in [2.05, 4.69) is 41.9 Å². The fourth-order valence-corrected chi connectivity index (χ4v) is 3.95. The van der Waals surface area contributed by atoms with Gasteiger partial charge >= 0.3 is 0 Å². The highest BCUT2D eigenvalue weighted by Crippen LogP contribution is 2.35. The van der Waals surface area contributed by atoms with Crippen molar-refractivity contribution in [3.05, 3.63) is 83.9 Å². The maximum atomic E-state index is 5.50. The second-order valence-corrected chi connectivity index (χ2v) is 7.50. The van der Waals surface area contributed by atoms with E-state index in [0.717, 1.165) is 51.7 Å². The van der Waals surface area contributed by atoms with Crippen LogP contribution in [0, 0.1) is 0 Å². The van der Waals surface area contributed by atoms with E-state index in [9.17, 15) is 0 Å². The Morgan fingerprint density at radius 2 is 1.31 bits per heavy atom. The molecule has 4 aromatic rings. The molecule has 3 aromatic carbocycles. The molecule has 4 rings (SSSR count). The van der Waals surface area contributed by atoms with Gasteiger partial charge in [-0.25, -0.2) is 0 Å². The van der Waals surface area contributed by atoms with Crippen LogP contribution in [-0.2, 0) is 13.0 Å². The molecular weight excluding hydrogens is 400 g/mol. The Balaban J connectivity index is 1.88. The third-order valence-corrected chi connectivity index (χ3v) is 5.58. The van der Waals surface area contributed by atoms with Crippen LogP contribution < -0.4 is 14.2 Å². The zero-order valence-corrected chi connectivity index (χ0v) is 19.0. The molecule has 0 bridgehead atoms. The highest BCUT2D eigenvalue weighted by molar-refractivity contribution is 5.76. The van der Waals surface area contributed by atoms with Gasteiger partial charge in [-0.05, 0) is 48.4 Å². The number of ether oxygens (including phenoxy) is 3. The first-order valence-corrected chi connectivity index (χ1v) is 10.7. The van der Waals surface area contributed by atoms with Crippen LogP contribution in [0.3, 0.4) is 0 Å². The summed E-state index contributed by atoms with van der Waals surface area (Å²) >= 11 is 0. The van der Waals surface area contributed by atoms with E-state index in [1.54, 1.807) is 21.3 Å². The predicted molar refractivity (Wildman–Crippen MR) is 128 cm³/mol. The first-order chi connectivity index (χ1) is 15.7. The molecule has 164 valence electrons. The Morgan fingerprint density at radius 1 is 0.719 bits per heavy atom. The lowest BCUT2D eigenvalue weighted by Crippen LogP contribution is -2.04. The van der Waals surface area contributed by atoms with Crippen molar-refractivity contribution >= 4 is 0 Å². The highest BCUT2D eigenvalue weighted by Gasteiger charge is 2.20. The van der Waals surface area contributed by atoms with Gasteiger partial charge in [0, 0.05) is 16.7 Å². The number of hydrogen-bond donors (Lipinski definition) is 0. The molecule has 5 nitrogen and oxygen atoms in total. The number of nitrogens with zero attached hydrogens (tertiary/aromatic N) is 2. The summed E-state index contributed by atoms with van der Waals surface area (Å²) in [6, 6.07) is 24.3. The van der Waals surface area contributed by atoms with E-state index < -0.39 is 0 Å². The van der Waals surface area contributed by atoms with Crippen LogP contribution in [0.5, 0.6) is 17.2 Å². The number of hydrogen-bond acceptors (Lipinski definition) is 4. The number of benzene rings is 3. The summed E-state index contributed by atoms with van der Waals surface area (Å²) in [5, 5.41) is 5.09. The van der Waals surface area contributed by atoms with Gasteiger partial charge in [-0.2, -0.15) is 5.10 Å². The quantitative estimate of drug-likeness (QED) is 0.353. The average Bonchev–Trinajstić information content (AvgIpc) is 3.22. The Kier molecular flexibility index (Phi) is 6.45. The molecule has 0 atom stereocenters. The first-order valence-electron chi connectivity index (χ1n) is 10.7. The summed E-state index contributed by atoms with van der Waals surface area (Å²) in [5.74, 6) is 2.48. The molecule has 0 aliphatic carbocycles. The lowest BCUT2D eigenvalue weighted by atomic mass is 9.99. The third kappa shape index (κ3) is 4.33. The van der Waals surface area contributed by atoms with Gasteiger partial charge in [-0.15, -0.1) is 0 Å². The van der Waals surface area contributed by atoms with Gasteiger partial charge in [0.2, 0.25) is 0 Å². The molecule has 0 amide bonds. The molecule has 0 saturated carbocycles. The molecule has 0 aliphatic rings. The van der Waals surface area contributed by atoms with E-state index in [0.29, 0.717) is 6.54 Å². The van der Waals surface area contributed by atoms with E-state index in [4.69, 9.17) is 19.3 Å². The topological polar surface area (TPSA) is 45.5 Å². The molecule has 32 heavy (non-hydrogen) atoms. The fraction of sp³-hybridized carbons (Fsp3) is 0.222. The molecule has 0 aliphatic heterocycles. The first kappa shape index (κ1) is 21.5. The van der Waals surface area contributed by atoms with Crippen molar-refractivity contribution in [2.24, 2.45) is 0 Å². The summed E-state index contributed by atoms with van der Waals surface area (Å²) in [5.41, 5.74) is 6.53. The van der Waals surface area contributed by atoms with Crippen LogP contribution in [0.4, 0.5) is 0 Å². The molecule has 5 heteroatoms. The predicted octanol–water partition coefficient (Wildman–Crippen LogP) is 5.85. The van der Waals surface area contributed by atoms with Gasteiger partial charge in [0.1, 0.15) is 17.2 Å². The van der Waals surface area contributed by atoms with Gasteiger partial charge in [0.05, 0.1) is 39.3 Å². The van der Waals surface area contributed by atoms with Crippen molar-refractivity contribution in [2.75, 3.05) is 21.3 Å². The maximum Gasteiger partial charge on any atom is 0.119 e. The number of aromatic nitrogens is 2. The Hall–Kier alpha value is -3.73. The van der Waals surface area contributed by atoms with Crippen LogP contribution in [0.1, 0.15) is 18.1 Å². The zero-order chi connectivity index (χ0) is 22.5. The molecule has 0 spiro atoms. The minimum absolute atomic E-state index is 0.646. The van der Waals surface area contributed by atoms with Crippen molar-refractivity contribution in [3.63, 3.8) is 0 Å². The van der Waals surface area contributed by atoms with Crippen molar-refractivity contribution in [1.29, 1.82) is 0 Å². The molecule has 1 aromatic heterocycles. The number of rotatable bonds is 8. The fourth-order valence-electron chi connectivity index (χ4n) is 3.95. The number of methoxy groups -OCH3 is 3. The van der Waals surface area contributed by atoms with E-state index in [1.807, 2.05) is 42.5 Å². The van der Waals surface area contributed by atoms with Gasteiger partial charge in [-0.3, -0.25) is 4.68 Å². The van der Waals surface area contributed by atoms with E-state index in [-0.39, 0.29) is 0 Å². The normalized spacial score (nSPS) is 10.8. The van der Waals surface area contributed by atoms with E-state index in [1.165, 1.54) is 5.56 Å². The minimum atomic E-state index is 0.646. The Morgan fingerprint density at radius 3 is 1.91 bits per heavy atom. The SMILES string of the molecule is CCc1c(-c2cccc(OC)c2)nn(Cc2ccc(OC)cc2)c1-c1cccc(OC)c1. The van der Waals surface area contributed by atoms with Gasteiger partial charge < -0.3 is 14.2 Å². The minimum Gasteiger partial charge on any atom is -0.497 e. The standard InChI is InChI=1S/C27H28N2O3/c1-5-25-26(20-8-6-10-23(16-20)31-3)28-29(18-19-12-14-22(30-2)15-13-19)27(25)21-9-7-11-24(17-21)32-4/h6-17H,5,18H2,1-4H3. The lowest BCUT2D eigenvalue weighted by molar-refractivity contribution is 0.414. The second kappa shape index (κ2) is 9.60. The van der Waals surface area contributed by atoms with Crippen molar-refractivity contribution in [3.8, 4) is 39.8 Å². The van der Waals surface area contributed by atoms with E-state index >= 15 is 0 Å². The molecule has 0 unspecified atom stereocenters. The van der Waals surface area contributed by atoms with Crippen LogP contribution in [0.25, 0.3) is 22.5 Å². The highest BCUT2D eigenvalue weighted by atomic mass is 16.5. The molecule has 1 heterocycles. The van der Waals surface area contributed by atoms with Crippen LogP contribution in [0.2, 0.25) is 0 Å². The molecular formula is C27H28N2O3. The maximum absolute atomic E-state index is 5.50. The van der Waals surface area contributed by atoms with Crippen molar-refractivity contribution in [2.45, 2.75) is 19.9 Å². The molecule has 0 N–H and O–H groups in total. The summed E-state index contributed by atoms with van der Waals surface area (Å²) in [4.78, 5) is 0. The Bertz CT molecular complexity index is 1200. The lowest BCUT2D eigenvalue weighted by Gasteiger charge is -2.11. The van der Waals surface area contributed by atoms with Crippen molar-refractivity contribution in [1.82, 2.24) is 9.78 Å². The summed E-state index contributed by atoms with van der Waals surface area (Å²) in [7, 11) is 5.05. The van der Waals surface area contributed by atoms with Crippen LogP contribution in [0.15, 0.2) is 72.8 Å². The largest absolute Gasteiger partial charge is 0.497 e. The van der Waals surface area contributed by atoms with Crippen LogP contribution >= 0.6 is 0 Å². The van der Waals surface area contributed by atoms with Gasteiger partial charge in [0.15, 0.2) is 0 Å². The summed E-state index contributed by atoms with van der Waals surface area (Å²) in [6.45, 7) is 2.82. The molecule has 0 radical (unpaired) electrons. The van der Waals surface area contributed by atoms with Gasteiger partial charge in [-0.1, -0.05) is 43.3 Å². The monoisotopic (exact) mass is 428 g/mol. The Labute approximate surface area is 189 Å². The average molecular weight is 429 g/mol. The molecule has 0 saturated heterocycles. The van der Waals surface area contributed by atoms with Crippen molar-refractivity contribution < 1.29 is 14.2 Å². The molecule has 0 fully saturated rings. The summed E-state index contributed by atoms with van der Waals surface area (Å²) < 4.78 is 18.3. The smallest absolute Gasteiger partial charge is 0.119 e. The summed E-state index contributed by atoms with van der Waals surface area (Å²) in [6.07, 6.45) is 0.849. The zero-order valence-electron chi connectivity index (χ0n) is 19.0. The van der Waals surface area contributed by atoms with Crippen LogP contribution in [-0.4, -0.2) is 31.1 Å². The second-order valence-electron chi connectivity index (χ2n) is 7.50.